The van der Waals surface area contributed by atoms with Crippen molar-refractivity contribution in [1.82, 2.24) is 10.3 Å². The van der Waals surface area contributed by atoms with Crippen molar-refractivity contribution in [3.63, 3.8) is 0 Å². The summed E-state index contributed by atoms with van der Waals surface area (Å²) in [7, 11) is 0. The molecule has 6 nitrogen and oxygen atoms in total. The molecule has 92 valence electrons. The fourth-order valence-electron chi connectivity index (χ4n) is 0.982. The van der Waals surface area contributed by atoms with Crippen molar-refractivity contribution in [2.45, 2.75) is 6.42 Å². The Morgan fingerprint density at radius 2 is 2.41 bits per heavy atom. The number of carboxylic acids is 1. The van der Waals surface area contributed by atoms with E-state index in [-0.39, 0.29) is 11.5 Å². The number of carbonyl (C=O) groups excluding carboxylic acids is 1. The summed E-state index contributed by atoms with van der Waals surface area (Å²) in [6.07, 6.45) is 2.72. The first kappa shape index (κ1) is 13.2. The summed E-state index contributed by atoms with van der Waals surface area (Å²) in [5.41, 5.74) is 0. The Balaban J connectivity index is 2.28. The lowest BCUT2D eigenvalue weighted by Gasteiger charge is -2.03. The highest BCUT2D eigenvalue weighted by atomic mass is 32.1. The van der Waals surface area contributed by atoms with Gasteiger partial charge in [0.2, 0.25) is 0 Å². The van der Waals surface area contributed by atoms with E-state index in [9.17, 15) is 9.59 Å². The number of carboxylic acid groups (broad SMARTS) is 1. The smallest absolute Gasteiger partial charge is 0.407 e. The molecule has 0 radical (unpaired) electrons. The van der Waals surface area contributed by atoms with Gasteiger partial charge in [-0.2, -0.15) is 0 Å². The van der Waals surface area contributed by atoms with E-state index in [0.29, 0.717) is 18.0 Å². The molecule has 0 aliphatic rings. The number of thiazole rings is 1. The van der Waals surface area contributed by atoms with Gasteiger partial charge in [0.05, 0.1) is 11.2 Å². The number of hydrogen-bond donors (Lipinski definition) is 2. The van der Waals surface area contributed by atoms with Gasteiger partial charge in [0, 0.05) is 13.0 Å². The van der Waals surface area contributed by atoms with Gasteiger partial charge in [-0.15, -0.1) is 11.3 Å². The second-order valence-corrected chi connectivity index (χ2v) is 4.10. The van der Waals surface area contributed by atoms with E-state index in [1.165, 1.54) is 12.3 Å². The van der Waals surface area contributed by atoms with Crippen LogP contribution in [0.25, 0.3) is 0 Å². The minimum atomic E-state index is -0.993. The molecule has 0 saturated carbocycles. The highest BCUT2D eigenvalue weighted by Gasteiger charge is 2.08. The molecular formula is C10H12N2O4S. The normalized spacial score (nSPS) is 9.65. The standard InChI is InChI=1S/C10H12N2O4S/c1-2-5-16-10(15)11-4-3-8-12-6-7(17-8)9(13)14/h2,6H,1,3-5H2,(H,11,15)(H,13,14). The molecule has 17 heavy (non-hydrogen) atoms. The Morgan fingerprint density at radius 3 is 3.00 bits per heavy atom. The summed E-state index contributed by atoms with van der Waals surface area (Å²) in [5, 5.41) is 11.9. The fourth-order valence-corrected chi connectivity index (χ4v) is 1.74. The van der Waals surface area contributed by atoms with Gasteiger partial charge in [-0.05, 0) is 0 Å². The second kappa shape index (κ2) is 6.64. The van der Waals surface area contributed by atoms with Crippen LogP contribution < -0.4 is 5.32 Å². The molecule has 0 unspecified atom stereocenters. The minimum Gasteiger partial charge on any atom is -0.477 e. The summed E-state index contributed by atoms with van der Waals surface area (Å²) in [4.78, 5) is 25.7. The molecular weight excluding hydrogens is 244 g/mol. The monoisotopic (exact) mass is 256 g/mol. The Hall–Kier alpha value is -1.89. The first-order valence-electron chi connectivity index (χ1n) is 4.83. The molecule has 1 heterocycles. The maximum absolute atomic E-state index is 11.0. The van der Waals surface area contributed by atoms with E-state index < -0.39 is 12.1 Å². The van der Waals surface area contributed by atoms with Crippen LogP contribution in [0.1, 0.15) is 14.7 Å². The molecule has 0 saturated heterocycles. The molecule has 0 bridgehead atoms. The molecule has 1 aromatic heterocycles. The van der Waals surface area contributed by atoms with Crippen molar-refractivity contribution in [1.29, 1.82) is 0 Å². The van der Waals surface area contributed by atoms with E-state index in [4.69, 9.17) is 9.84 Å². The molecule has 0 aromatic carbocycles. The molecule has 2 N–H and O–H groups in total. The van der Waals surface area contributed by atoms with Gasteiger partial charge in [-0.1, -0.05) is 12.7 Å². The summed E-state index contributed by atoms with van der Waals surface area (Å²) >= 11 is 1.09. The maximum Gasteiger partial charge on any atom is 0.407 e. The van der Waals surface area contributed by atoms with Gasteiger partial charge < -0.3 is 15.2 Å². The van der Waals surface area contributed by atoms with Crippen LogP contribution >= 0.6 is 11.3 Å². The Morgan fingerprint density at radius 1 is 1.65 bits per heavy atom. The van der Waals surface area contributed by atoms with Crippen LogP contribution in [0.15, 0.2) is 18.9 Å². The lowest BCUT2D eigenvalue weighted by atomic mass is 10.4. The predicted octanol–water partition coefficient (Wildman–Crippen LogP) is 1.30. The first-order valence-corrected chi connectivity index (χ1v) is 5.64. The third-order valence-electron chi connectivity index (χ3n) is 1.70. The van der Waals surface area contributed by atoms with E-state index in [1.807, 2.05) is 0 Å². The van der Waals surface area contributed by atoms with Crippen LogP contribution in [0.3, 0.4) is 0 Å². The maximum atomic E-state index is 11.0. The number of alkyl carbamates (subject to hydrolysis) is 1. The van der Waals surface area contributed by atoms with Crippen molar-refractivity contribution in [2.75, 3.05) is 13.2 Å². The average Bonchev–Trinajstić information content (AvgIpc) is 2.75. The van der Waals surface area contributed by atoms with Gasteiger partial charge in [-0.3, -0.25) is 0 Å². The van der Waals surface area contributed by atoms with Crippen LogP contribution in [-0.2, 0) is 11.2 Å². The Bertz CT molecular complexity index is 416. The third kappa shape index (κ3) is 4.64. The number of aromatic nitrogens is 1. The Kier molecular flexibility index (Phi) is 5.15. The van der Waals surface area contributed by atoms with Crippen molar-refractivity contribution in [2.24, 2.45) is 0 Å². The number of carbonyl (C=O) groups is 2. The molecule has 0 aliphatic heterocycles. The van der Waals surface area contributed by atoms with Gasteiger partial charge in [0.25, 0.3) is 0 Å². The van der Waals surface area contributed by atoms with Crippen LogP contribution in [0.4, 0.5) is 4.79 Å². The number of amides is 1. The lowest BCUT2D eigenvalue weighted by molar-refractivity contribution is 0.0702. The predicted molar refractivity (Wildman–Crippen MR) is 62.3 cm³/mol. The molecule has 1 aromatic rings. The molecule has 1 amide bonds. The van der Waals surface area contributed by atoms with Crippen LogP contribution in [0, 0.1) is 0 Å². The van der Waals surface area contributed by atoms with Crippen LogP contribution in [0.5, 0.6) is 0 Å². The SMILES string of the molecule is C=CCOC(=O)NCCc1ncc(C(=O)O)s1. The zero-order valence-corrected chi connectivity index (χ0v) is 9.83. The van der Waals surface area contributed by atoms with E-state index in [2.05, 4.69) is 16.9 Å². The van der Waals surface area contributed by atoms with Gasteiger partial charge in [0.15, 0.2) is 0 Å². The minimum absolute atomic E-state index is 0.159. The molecule has 1 rings (SSSR count). The van der Waals surface area contributed by atoms with Crippen molar-refractivity contribution in [3.05, 3.63) is 28.7 Å². The zero-order chi connectivity index (χ0) is 12.7. The number of nitrogens with one attached hydrogen (secondary N) is 1. The van der Waals surface area contributed by atoms with Crippen LogP contribution in [-0.4, -0.2) is 35.3 Å². The van der Waals surface area contributed by atoms with E-state index in [1.54, 1.807) is 0 Å². The van der Waals surface area contributed by atoms with Crippen molar-refractivity contribution in [3.8, 4) is 0 Å². The summed E-state index contributed by atoms with van der Waals surface area (Å²) in [6, 6.07) is 0. The number of ether oxygens (including phenoxy) is 1. The first-order chi connectivity index (χ1) is 8.13. The van der Waals surface area contributed by atoms with Gasteiger partial charge >= 0.3 is 12.1 Å². The number of aromatic carboxylic acids is 1. The van der Waals surface area contributed by atoms with Gasteiger partial charge in [-0.25, -0.2) is 14.6 Å². The molecule has 0 fully saturated rings. The van der Waals surface area contributed by atoms with Crippen LogP contribution in [0.2, 0.25) is 0 Å². The summed E-state index contributed by atoms with van der Waals surface area (Å²) < 4.78 is 4.69. The summed E-state index contributed by atoms with van der Waals surface area (Å²) in [6.45, 7) is 3.92. The second-order valence-electron chi connectivity index (χ2n) is 2.99. The molecule has 0 atom stereocenters. The zero-order valence-electron chi connectivity index (χ0n) is 9.01. The van der Waals surface area contributed by atoms with E-state index >= 15 is 0 Å². The largest absolute Gasteiger partial charge is 0.477 e. The fraction of sp³-hybridized carbons (Fsp3) is 0.300. The summed E-state index contributed by atoms with van der Waals surface area (Å²) in [5.74, 6) is -0.993. The number of rotatable bonds is 6. The third-order valence-corrected chi connectivity index (χ3v) is 2.75. The lowest BCUT2D eigenvalue weighted by Crippen LogP contribution is -2.26. The molecule has 0 spiro atoms. The van der Waals surface area contributed by atoms with Gasteiger partial charge in [0.1, 0.15) is 11.5 Å². The highest BCUT2D eigenvalue weighted by molar-refractivity contribution is 7.13. The quantitative estimate of drug-likeness (QED) is 0.749. The topological polar surface area (TPSA) is 88.5 Å². The Labute approximate surface area is 102 Å². The van der Waals surface area contributed by atoms with Crippen molar-refractivity contribution < 1.29 is 19.4 Å². The highest BCUT2D eigenvalue weighted by Crippen LogP contribution is 2.12. The average molecular weight is 256 g/mol. The number of nitrogens with zero attached hydrogens (tertiary/aromatic N) is 1. The van der Waals surface area contributed by atoms with Crippen molar-refractivity contribution >= 4 is 23.4 Å². The van der Waals surface area contributed by atoms with E-state index in [0.717, 1.165) is 11.3 Å². The molecule has 7 heteroatoms. The number of hydrogen-bond acceptors (Lipinski definition) is 5. The molecule has 0 aliphatic carbocycles.